The van der Waals surface area contributed by atoms with Crippen LogP contribution >= 0.6 is 11.3 Å². The largest absolute Gasteiger partial charge is 0.348 e. The van der Waals surface area contributed by atoms with Gasteiger partial charge in [-0.2, -0.15) is 0 Å². The van der Waals surface area contributed by atoms with Gasteiger partial charge in [0.15, 0.2) is 0 Å². The number of hydrogen-bond acceptors (Lipinski definition) is 5. The Kier molecular flexibility index (Phi) is 8.06. The molecular formula is C21H32N4O3S. The maximum atomic E-state index is 12.8. The molecule has 1 N–H and O–H groups in total. The highest BCUT2D eigenvalue weighted by Gasteiger charge is 2.27. The van der Waals surface area contributed by atoms with Crippen molar-refractivity contribution in [2.24, 2.45) is 0 Å². The molecule has 3 rings (SSSR count). The first-order chi connectivity index (χ1) is 14.0. The van der Waals surface area contributed by atoms with E-state index in [0.29, 0.717) is 19.6 Å². The van der Waals surface area contributed by atoms with Crippen molar-refractivity contribution in [2.75, 3.05) is 45.8 Å². The molecule has 3 amide bonds. The summed E-state index contributed by atoms with van der Waals surface area (Å²) in [5, 5.41) is 4.85. The fourth-order valence-electron chi connectivity index (χ4n) is 4.03. The van der Waals surface area contributed by atoms with Crippen LogP contribution in [0.2, 0.25) is 0 Å². The zero-order valence-corrected chi connectivity index (χ0v) is 18.1. The highest BCUT2D eigenvalue weighted by molar-refractivity contribution is 7.10. The molecule has 0 aliphatic carbocycles. The first-order valence-corrected chi connectivity index (χ1v) is 11.5. The van der Waals surface area contributed by atoms with E-state index in [1.165, 1.54) is 19.8 Å². The molecule has 2 aliphatic heterocycles. The number of carbonyl (C=O) groups excluding carboxylic acids is 3. The Hall–Kier alpha value is -1.93. The van der Waals surface area contributed by atoms with Crippen molar-refractivity contribution < 1.29 is 14.4 Å². The highest BCUT2D eigenvalue weighted by Crippen LogP contribution is 2.23. The van der Waals surface area contributed by atoms with E-state index >= 15 is 0 Å². The third-order valence-corrected chi connectivity index (χ3v) is 6.67. The fourth-order valence-corrected chi connectivity index (χ4v) is 4.81. The highest BCUT2D eigenvalue weighted by atomic mass is 32.1. The van der Waals surface area contributed by atoms with Crippen molar-refractivity contribution in [2.45, 2.75) is 45.1 Å². The van der Waals surface area contributed by atoms with Crippen LogP contribution in [0.15, 0.2) is 17.5 Å². The summed E-state index contributed by atoms with van der Waals surface area (Å²) in [6.07, 6.45) is 4.92. The Bertz CT molecular complexity index is 678. The number of amides is 3. The van der Waals surface area contributed by atoms with Gasteiger partial charge in [-0.05, 0) is 24.3 Å². The number of carbonyl (C=O) groups is 3. The molecule has 0 bridgehead atoms. The molecule has 3 heterocycles. The molecule has 7 nitrogen and oxygen atoms in total. The standard InChI is InChI=1S/C21H32N4O3S/c1-17(26)22-18(19-7-6-14-29-19)15-20(27)25-12-10-23(11-13-25)16-21(28)24-8-4-2-3-5-9-24/h6-7,14,18H,2-5,8-13,15-16H2,1H3,(H,22,26). The summed E-state index contributed by atoms with van der Waals surface area (Å²) < 4.78 is 0. The van der Waals surface area contributed by atoms with Crippen LogP contribution in [0.4, 0.5) is 0 Å². The lowest BCUT2D eigenvalue weighted by molar-refractivity contribution is -0.135. The van der Waals surface area contributed by atoms with E-state index in [1.54, 1.807) is 11.3 Å². The third-order valence-electron chi connectivity index (χ3n) is 5.69. The number of rotatable bonds is 6. The van der Waals surface area contributed by atoms with Gasteiger partial charge in [-0.1, -0.05) is 18.9 Å². The molecular weight excluding hydrogens is 388 g/mol. The van der Waals surface area contributed by atoms with Crippen LogP contribution in [0.1, 0.15) is 49.9 Å². The maximum absolute atomic E-state index is 12.8. The molecule has 2 saturated heterocycles. The zero-order chi connectivity index (χ0) is 20.6. The summed E-state index contributed by atoms with van der Waals surface area (Å²) in [5.74, 6) is 0.138. The van der Waals surface area contributed by atoms with Gasteiger partial charge in [-0.25, -0.2) is 0 Å². The van der Waals surface area contributed by atoms with Gasteiger partial charge < -0.3 is 15.1 Å². The number of nitrogens with one attached hydrogen (secondary N) is 1. The molecule has 1 unspecified atom stereocenters. The van der Waals surface area contributed by atoms with E-state index in [9.17, 15) is 14.4 Å². The van der Waals surface area contributed by atoms with Gasteiger partial charge in [-0.15, -0.1) is 11.3 Å². The number of piperazine rings is 1. The molecule has 2 fully saturated rings. The van der Waals surface area contributed by atoms with Crippen molar-refractivity contribution in [3.63, 3.8) is 0 Å². The lowest BCUT2D eigenvalue weighted by atomic mass is 10.1. The molecule has 0 saturated carbocycles. The lowest BCUT2D eigenvalue weighted by Crippen LogP contribution is -2.52. The van der Waals surface area contributed by atoms with E-state index in [2.05, 4.69) is 10.2 Å². The molecule has 160 valence electrons. The van der Waals surface area contributed by atoms with Crippen molar-refractivity contribution >= 4 is 29.1 Å². The fraction of sp³-hybridized carbons (Fsp3) is 0.667. The zero-order valence-electron chi connectivity index (χ0n) is 17.3. The van der Waals surface area contributed by atoms with Gasteiger partial charge >= 0.3 is 0 Å². The number of nitrogens with zero attached hydrogens (tertiary/aromatic N) is 3. The van der Waals surface area contributed by atoms with E-state index in [0.717, 1.165) is 43.9 Å². The summed E-state index contributed by atoms with van der Waals surface area (Å²) in [5.41, 5.74) is 0. The van der Waals surface area contributed by atoms with Crippen LogP contribution in [0.3, 0.4) is 0 Å². The van der Waals surface area contributed by atoms with Crippen LogP contribution in [-0.2, 0) is 14.4 Å². The van der Waals surface area contributed by atoms with Gasteiger partial charge in [0.05, 0.1) is 19.0 Å². The smallest absolute Gasteiger partial charge is 0.236 e. The van der Waals surface area contributed by atoms with Crippen LogP contribution in [-0.4, -0.2) is 78.2 Å². The predicted octanol–water partition coefficient (Wildman–Crippen LogP) is 1.86. The van der Waals surface area contributed by atoms with Crippen molar-refractivity contribution in [1.82, 2.24) is 20.0 Å². The first kappa shape index (κ1) is 21.8. The first-order valence-electron chi connectivity index (χ1n) is 10.6. The Morgan fingerprint density at radius 2 is 1.62 bits per heavy atom. The summed E-state index contributed by atoms with van der Waals surface area (Å²) in [7, 11) is 0. The van der Waals surface area contributed by atoms with Crippen molar-refractivity contribution in [3.8, 4) is 0 Å². The summed E-state index contributed by atoms with van der Waals surface area (Å²) >= 11 is 1.55. The molecule has 0 aromatic carbocycles. The molecule has 1 atom stereocenters. The van der Waals surface area contributed by atoms with Crippen LogP contribution < -0.4 is 5.32 Å². The van der Waals surface area contributed by atoms with Crippen LogP contribution in [0, 0.1) is 0 Å². The summed E-state index contributed by atoms with van der Waals surface area (Å²) in [4.78, 5) is 43.9. The third kappa shape index (κ3) is 6.54. The molecule has 8 heteroatoms. The summed E-state index contributed by atoms with van der Waals surface area (Å²) in [6.45, 7) is 6.38. The second kappa shape index (κ2) is 10.7. The van der Waals surface area contributed by atoms with Gasteiger partial charge in [0, 0.05) is 51.1 Å². The predicted molar refractivity (Wildman–Crippen MR) is 114 cm³/mol. The Morgan fingerprint density at radius 3 is 2.21 bits per heavy atom. The Morgan fingerprint density at radius 1 is 0.966 bits per heavy atom. The molecule has 29 heavy (non-hydrogen) atoms. The molecule has 1 aromatic rings. The average Bonchev–Trinajstić information content (AvgIpc) is 3.10. The minimum absolute atomic E-state index is 0.0515. The maximum Gasteiger partial charge on any atom is 0.236 e. The minimum atomic E-state index is -0.275. The normalized spacial score (nSPS) is 19.5. The lowest BCUT2D eigenvalue weighted by Gasteiger charge is -2.36. The second-order valence-electron chi connectivity index (χ2n) is 7.92. The van der Waals surface area contributed by atoms with E-state index < -0.39 is 0 Å². The van der Waals surface area contributed by atoms with E-state index in [1.807, 2.05) is 27.3 Å². The quantitative estimate of drug-likeness (QED) is 0.763. The molecule has 1 aromatic heterocycles. The van der Waals surface area contributed by atoms with Crippen LogP contribution in [0.25, 0.3) is 0 Å². The Labute approximate surface area is 177 Å². The molecule has 0 spiro atoms. The topological polar surface area (TPSA) is 73.0 Å². The Balaban J connectivity index is 1.46. The van der Waals surface area contributed by atoms with Gasteiger partial charge in [-0.3, -0.25) is 19.3 Å². The minimum Gasteiger partial charge on any atom is -0.348 e. The number of likely N-dealkylation sites (tertiary alicyclic amines) is 1. The second-order valence-corrected chi connectivity index (χ2v) is 8.90. The average molecular weight is 421 g/mol. The number of thiophene rings is 1. The van der Waals surface area contributed by atoms with Gasteiger partial charge in [0.2, 0.25) is 17.7 Å². The SMILES string of the molecule is CC(=O)NC(CC(=O)N1CCN(CC(=O)N2CCCCCC2)CC1)c1cccs1. The molecule has 0 radical (unpaired) electrons. The van der Waals surface area contributed by atoms with Crippen molar-refractivity contribution in [1.29, 1.82) is 0 Å². The van der Waals surface area contributed by atoms with Crippen molar-refractivity contribution in [3.05, 3.63) is 22.4 Å². The molecule has 2 aliphatic rings. The van der Waals surface area contributed by atoms with E-state index in [4.69, 9.17) is 0 Å². The van der Waals surface area contributed by atoms with Gasteiger partial charge in [0.25, 0.3) is 0 Å². The monoisotopic (exact) mass is 420 g/mol. The van der Waals surface area contributed by atoms with Gasteiger partial charge in [0.1, 0.15) is 0 Å². The van der Waals surface area contributed by atoms with E-state index in [-0.39, 0.29) is 30.2 Å². The number of hydrogen-bond donors (Lipinski definition) is 1. The summed E-state index contributed by atoms with van der Waals surface area (Å²) in [6, 6.07) is 3.60. The van der Waals surface area contributed by atoms with Crippen LogP contribution in [0.5, 0.6) is 0 Å².